The van der Waals surface area contributed by atoms with Crippen molar-refractivity contribution >= 4 is 23.4 Å². The molecule has 0 saturated carbocycles. The second-order valence-electron chi connectivity index (χ2n) is 5.77. The van der Waals surface area contributed by atoms with Gasteiger partial charge in [0.05, 0.1) is 0 Å². The Bertz CT molecular complexity index is 484. The predicted octanol–water partition coefficient (Wildman–Crippen LogP) is 2.22. The van der Waals surface area contributed by atoms with Crippen LogP contribution >= 0.6 is 11.8 Å². The third-order valence-corrected chi connectivity index (χ3v) is 4.54. The number of rotatable bonds is 5. The van der Waals surface area contributed by atoms with Gasteiger partial charge in [0, 0.05) is 49.3 Å². The summed E-state index contributed by atoms with van der Waals surface area (Å²) in [6.07, 6.45) is 0.354. The molecule has 1 aliphatic heterocycles. The van der Waals surface area contributed by atoms with Gasteiger partial charge in [-0.25, -0.2) is 0 Å². The normalized spacial score (nSPS) is 17.5. The molecule has 0 radical (unpaired) electrons. The van der Waals surface area contributed by atoms with Crippen molar-refractivity contribution in [2.75, 3.05) is 29.9 Å². The van der Waals surface area contributed by atoms with Crippen LogP contribution in [-0.2, 0) is 11.3 Å². The number of nitrogens with two attached hydrogens (primary N) is 1. The number of benzene rings is 1. The topological polar surface area (TPSA) is 58.4 Å². The maximum atomic E-state index is 11.9. The van der Waals surface area contributed by atoms with E-state index in [9.17, 15) is 4.79 Å². The molecular formula is C16H25N3OS. The number of carbonyl (C=O) groups excluding carboxylic acids is 1. The van der Waals surface area contributed by atoms with Crippen LogP contribution in [0.1, 0.15) is 24.5 Å². The average molecular weight is 307 g/mol. The molecular weight excluding hydrogens is 282 g/mol. The summed E-state index contributed by atoms with van der Waals surface area (Å²) in [7, 11) is 0. The number of thioether (sulfide) groups is 1. The van der Waals surface area contributed by atoms with Crippen molar-refractivity contribution in [2.45, 2.75) is 32.9 Å². The first-order valence-electron chi connectivity index (χ1n) is 7.49. The molecule has 1 amide bonds. The van der Waals surface area contributed by atoms with Crippen LogP contribution in [0.15, 0.2) is 18.2 Å². The van der Waals surface area contributed by atoms with Crippen LogP contribution in [0.25, 0.3) is 0 Å². The van der Waals surface area contributed by atoms with Crippen LogP contribution in [0, 0.1) is 6.92 Å². The van der Waals surface area contributed by atoms with E-state index in [0.717, 1.165) is 30.9 Å². The van der Waals surface area contributed by atoms with Crippen molar-refractivity contribution in [3.8, 4) is 0 Å². The fourth-order valence-electron chi connectivity index (χ4n) is 2.41. The summed E-state index contributed by atoms with van der Waals surface area (Å²) in [6, 6.07) is 6.21. The molecule has 1 aliphatic rings. The van der Waals surface area contributed by atoms with Crippen LogP contribution in [0.2, 0.25) is 0 Å². The van der Waals surface area contributed by atoms with Crippen molar-refractivity contribution in [1.82, 2.24) is 4.90 Å². The fourth-order valence-corrected chi connectivity index (χ4v) is 3.39. The Morgan fingerprint density at radius 1 is 1.43 bits per heavy atom. The molecule has 0 bridgehead atoms. The minimum absolute atomic E-state index is 0.0142. The minimum Gasteiger partial charge on any atom is -0.327 e. The summed E-state index contributed by atoms with van der Waals surface area (Å²) in [5.41, 5.74) is 8.92. The van der Waals surface area contributed by atoms with E-state index in [1.165, 1.54) is 17.1 Å². The molecule has 1 aromatic rings. The summed E-state index contributed by atoms with van der Waals surface area (Å²) in [4.78, 5) is 14.3. The molecule has 2 rings (SSSR count). The number of nitrogens with one attached hydrogen (secondary N) is 1. The Labute approximate surface area is 131 Å². The van der Waals surface area contributed by atoms with Gasteiger partial charge in [-0.2, -0.15) is 11.8 Å². The van der Waals surface area contributed by atoms with E-state index in [1.54, 1.807) is 0 Å². The Kier molecular flexibility index (Phi) is 6.08. The Morgan fingerprint density at radius 3 is 2.81 bits per heavy atom. The van der Waals surface area contributed by atoms with Crippen LogP contribution in [-0.4, -0.2) is 41.4 Å². The highest BCUT2D eigenvalue weighted by Crippen LogP contribution is 2.20. The van der Waals surface area contributed by atoms with Crippen LogP contribution in [0.4, 0.5) is 5.69 Å². The summed E-state index contributed by atoms with van der Waals surface area (Å²) >= 11 is 2.02. The van der Waals surface area contributed by atoms with Crippen molar-refractivity contribution < 1.29 is 4.79 Å². The molecule has 1 saturated heterocycles. The highest BCUT2D eigenvalue weighted by atomic mass is 32.2. The molecule has 0 aliphatic carbocycles. The maximum Gasteiger partial charge on any atom is 0.225 e. The van der Waals surface area contributed by atoms with Gasteiger partial charge in [-0.05, 0) is 31.0 Å². The molecule has 1 unspecified atom stereocenters. The molecule has 21 heavy (non-hydrogen) atoms. The third-order valence-electron chi connectivity index (χ3n) is 3.59. The van der Waals surface area contributed by atoms with Gasteiger partial charge in [-0.1, -0.05) is 12.1 Å². The lowest BCUT2D eigenvalue weighted by Gasteiger charge is -2.26. The SMILES string of the molecule is Cc1ccc(CN2CCSCC2)cc1NC(=O)CC(C)N. The lowest BCUT2D eigenvalue weighted by Crippen LogP contribution is -2.32. The highest BCUT2D eigenvalue weighted by molar-refractivity contribution is 7.99. The van der Waals surface area contributed by atoms with Crippen LogP contribution in [0.5, 0.6) is 0 Å². The molecule has 1 fully saturated rings. The Hall–Kier alpha value is -1.04. The monoisotopic (exact) mass is 307 g/mol. The molecule has 1 atom stereocenters. The van der Waals surface area contributed by atoms with Crippen molar-refractivity contribution in [3.63, 3.8) is 0 Å². The van der Waals surface area contributed by atoms with Gasteiger partial charge in [-0.3, -0.25) is 9.69 Å². The van der Waals surface area contributed by atoms with Gasteiger partial charge in [0.1, 0.15) is 0 Å². The van der Waals surface area contributed by atoms with Gasteiger partial charge >= 0.3 is 0 Å². The van der Waals surface area contributed by atoms with Gasteiger partial charge in [0.15, 0.2) is 0 Å². The van der Waals surface area contributed by atoms with E-state index in [1.807, 2.05) is 25.6 Å². The molecule has 116 valence electrons. The Balaban J connectivity index is 2.00. The molecule has 3 N–H and O–H groups in total. The first-order chi connectivity index (χ1) is 10.0. The first kappa shape index (κ1) is 16.3. The number of aryl methyl sites for hydroxylation is 1. The van der Waals surface area contributed by atoms with Gasteiger partial charge in [-0.15, -0.1) is 0 Å². The molecule has 0 aromatic heterocycles. The van der Waals surface area contributed by atoms with E-state index < -0.39 is 0 Å². The standard InChI is InChI=1S/C16H25N3OS/c1-12-3-4-14(11-19-5-7-21-8-6-19)10-15(12)18-16(20)9-13(2)17/h3-4,10,13H,5-9,11,17H2,1-2H3,(H,18,20). The summed E-state index contributed by atoms with van der Waals surface area (Å²) < 4.78 is 0. The third kappa shape index (κ3) is 5.34. The second-order valence-corrected chi connectivity index (χ2v) is 6.99. The number of hydrogen-bond donors (Lipinski definition) is 2. The van der Waals surface area contributed by atoms with Crippen molar-refractivity contribution in [3.05, 3.63) is 29.3 Å². The lowest BCUT2D eigenvalue weighted by molar-refractivity contribution is -0.116. The number of amides is 1. The zero-order chi connectivity index (χ0) is 15.2. The average Bonchev–Trinajstić information content (AvgIpc) is 2.43. The number of nitrogens with zero attached hydrogens (tertiary/aromatic N) is 1. The van der Waals surface area contributed by atoms with E-state index in [0.29, 0.717) is 6.42 Å². The van der Waals surface area contributed by atoms with Crippen molar-refractivity contribution in [2.24, 2.45) is 5.73 Å². The zero-order valence-electron chi connectivity index (χ0n) is 12.9. The quantitative estimate of drug-likeness (QED) is 0.876. The van der Waals surface area contributed by atoms with Gasteiger partial charge < -0.3 is 11.1 Å². The second kappa shape index (κ2) is 7.82. The van der Waals surface area contributed by atoms with Gasteiger partial charge in [0.2, 0.25) is 5.91 Å². The van der Waals surface area contributed by atoms with E-state index in [-0.39, 0.29) is 11.9 Å². The van der Waals surface area contributed by atoms with E-state index >= 15 is 0 Å². The van der Waals surface area contributed by atoms with E-state index in [2.05, 4.69) is 28.4 Å². The predicted molar refractivity (Wildman–Crippen MR) is 90.7 cm³/mol. The molecule has 1 heterocycles. The summed E-state index contributed by atoms with van der Waals surface area (Å²) in [5, 5.41) is 2.98. The molecule has 5 heteroatoms. The highest BCUT2D eigenvalue weighted by Gasteiger charge is 2.12. The van der Waals surface area contributed by atoms with Crippen LogP contribution in [0.3, 0.4) is 0 Å². The number of hydrogen-bond acceptors (Lipinski definition) is 4. The Morgan fingerprint density at radius 2 is 2.14 bits per heavy atom. The fraction of sp³-hybridized carbons (Fsp3) is 0.562. The summed E-state index contributed by atoms with van der Waals surface area (Å²) in [6.45, 7) is 7.10. The maximum absolute atomic E-state index is 11.9. The van der Waals surface area contributed by atoms with Crippen LogP contribution < -0.4 is 11.1 Å². The number of carbonyl (C=O) groups is 1. The first-order valence-corrected chi connectivity index (χ1v) is 8.65. The van der Waals surface area contributed by atoms with Gasteiger partial charge in [0.25, 0.3) is 0 Å². The number of anilines is 1. The minimum atomic E-state index is -0.112. The smallest absolute Gasteiger partial charge is 0.225 e. The zero-order valence-corrected chi connectivity index (χ0v) is 13.7. The van der Waals surface area contributed by atoms with Crippen molar-refractivity contribution in [1.29, 1.82) is 0 Å². The van der Waals surface area contributed by atoms with E-state index in [4.69, 9.17) is 5.73 Å². The molecule has 0 spiro atoms. The lowest BCUT2D eigenvalue weighted by atomic mass is 10.1. The molecule has 4 nitrogen and oxygen atoms in total. The summed E-state index contributed by atoms with van der Waals surface area (Å²) in [5.74, 6) is 2.41. The molecule has 1 aromatic carbocycles. The largest absolute Gasteiger partial charge is 0.327 e.